The van der Waals surface area contributed by atoms with Crippen molar-refractivity contribution in [2.24, 2.45) is 0 Å². The molecular weight excluding hydrogens is 363 g/mol. The Morgan fingerprint density at radius 2 is 1.93 bits per heavy atom. The van der Waals surface area contributed by atoms with E-state index in [1.54, 1.807) is 25.1 Å². The normalized spacial score (nSPS) is 11.7. The summed E-state index contributed by atoms with van der Waals surface area (Å²) < 4.78 is 14.0. The van der Waals surface area contributed by atoms with Gasteiger partial charge in [0, 0.05) is 24.9 Å². The van der Waals surface area contributed by atoms with Gasteiger partial charge in [0.05, 0.1) is 5.75 Å². The zero-order chi connectivity index (χ0) is 19.8. The van der Waals surface area contributed by atoms with Crippen LogP contribution in [0.5, 0.6) is 0 Å². The Morgan fingerprint density at radius 1 is 1.19 bits per heavy atom. The standard InChI is InChI=1S/C21H25FN2O2S/c1-15-7-6-8-17(11-15)13-27-14-20(25)24(16(2)21(26)23-3)12-18-9-4-5-10-19(18)22/h4-11,16H,12-14H2,1-3H3,(H,23,26)/t16-/m0/s1. The molecule has 0 saturated carbocycles. The van der Waals surface area contributed by atoms with Crippen molar-refractivity contribution in [3.63, 3.8) is 0 Å². The second-order valence-electron chi connectivity index (χ2n) is 6.39. The number of halogens is 1. The van der Waals surface area contributed by atoms with Crippen LogP contribution in [0.25, 0.3) is 0 Å². The van der Waals surface area contributed by atoms with Crippen molar-refractivity contribution in [2.75, 3.05) is 12.8 Å². The quantitative estimate of drug-likeness (QED) is 0.753. The Balaban J connectivity index is 2.06. The predicted molar refractivity (Wildman–Crippen MR) is 108 cm³/mol. The first-order valence-corrected chi connectivity index (χ1v) is 9.95. The van der Waals surface area contributed by atoms with Crippen molar-refractivity contribution >= 4 is 23.6 Å². The summed E-state index contributed by atoms with van der Waals surface area (Å²) in [6.07, 6.45) is 0. The van der Waals surface area contributed by atoms with E-state index in [4.69, 9.17) is 0 Å². The molecule has 2 aromatic carbocycles. The van der Waals surface area contributed by atoms with Gasteiger partial charge in [-0.25, -0.2) is 4.39 Å². The first-order chi connectivity index (χ1) is 12.9. The van der Waals surface area contributed by atoms with Crippen molar-refractivity contribution in [1.82, 2.24) is 10.2 Å². The number of aryl methyl sites for hydroxylation is 1. The van der Waals surface area contributed by atoms with Gasteiger partial charge in [0.25, 0.3) is 0 Å². The maximum absolute atomic E-state index is 14.0. The maximum atomic E-state index is 14.0. The number of hydrogen-bond acceptors (Lipinski definition) is 3. The van der Waals surface area contributed by atoms with Gasteiger partial charge in [-0.3, -0.25) is 9.59 Å². The highest BCUT2D eigenvalue weighted by molar-refractivity contribution is 7.99. The summed E-state index contributed by atoms with van der Waals surface area (Å²) in [5, 5.41) is 2.56. The lowest BCUT2D eigenvalue weighted by molar-refractivity contribution is -0.138. The van der Waals surface area contributed by atoms with E-state index in [1.165, 1.54) is 35.3 Å². The summed E-state index contributed by atoms with van der Waals surface area (Å²) in [6.45, 7) is 3.74. The highest BCUT2D eigenvalue weighted by Crippen LogP contribution is 2.17. The predicted octanol–water partition coefficient (Wildman–Crippen LogP) is 3.53. The maximum Gasteiger partial charge on any atom is 0.242 e. The molecule has 0 bridgehead atoms. The van der Waals surface area contributed by atoms with E-state index in [-0.39, 0.29) is 29.9 Å². The highest BCUT2D eigenvalue weighted by Gasteiger charge is 2.26. The number of benzene rings is 2. The van der Waals surface area contributed by atoms with Gasteiger partial charge in [0.15, 0.2) is 0 Å². The van der Waals surface area contributed by atoms with E-state index in [9.17, 15) is 14.0 Å². The fraction of sp³-hybridized carbons (Fsp3) is 0.333. The van der Waals surface area contributed by atoms with Crippen LogP contribution in [0.4, 0.5) is 4.39 Å². The number of nitrogens with zero attached hydrogens (tertiary/aromatic N) is 1. The number of hydrogen-bond donors (Lipinski definition) is 1. The van der Waals surface area contributed by atoms with Crippen LogP contribution in [-0.4, -0.2) is 35.6 Å². The first-order valence-electron chi connectivity index (χ1n) is 8.80. The van der Waals surface area contributed by atoms with Crippen LogP contribution in [0.15, 0.2) is 48.5 Å². The number of thioether (sulfide) groups is 1. The lowest BCUT2D eigenvalue weighted by atomic mass is 10.1. The molecule has 0 aliphatic heterocycles. The van der Waals surface area contributed by atoms with Crippen molar-refractivity contribution in [3.8, 4) is 0 Å². The fourth-order valence-corrected chi connectivity index (χ4v) is 3.60. The molecule has 0 radical (unpaired) electrons. The Kier molecular flexibility index (Phi) is 7.85. The molecule has 0 aromatic heterocycles. The zero-order valence-electron chi connectivity index (χ0n) is 15.9. The molecular formula is C21H25FN2O2S. The Morgan fingerprint density at radius 3 is 2.59 bits per heavy atom. The lowest BCUT2D eigenvalue weighted by Crippen LogP contribution is -2.47. The average molecular weight is 389 g/mol. The molecule has 2 aromatic rings. The van der Waals surface area contributed by atoms with E-state index < -0.39 is 6.04 Å². The minimum atomic E-state index is -0.679. The lowest BCUT2D eigenvalue weighted by Gasteiger charge is -2.28. The third kappa shape index (κ3) is 6.10. The van der Waals surface area contributed by atoms with Crippen LogP contribution in [0, 0.1) is 12.7 Å². The SMILES string of the molecule is CNC(=O)[C@H](C)N(Cc1ccccc1F)C(=O)CSCc1cccc(C)c1. The van der Waals surface area contributed by atoms with Crippen LogP contribution in [-0.2, 0) is 21.9 Å². The minimum absolute atomic E-state index is 0.0606. The van der Waals surface area contributed by atoms with Crippen LogP contribution in [0.1, 0.15) is 23.6 Å². The molecule has 0 unspecified atom stereocenters. The Labute approximate surface area is 164 Å². The zero-order valence-corrected chi connectivity index (χ0v) is 16.7. The molecule has 1 N–H and O–H groups in total. The van der Waals surface area contributed by atoms with E-state index in [0.717, 1.165) is 5.56 Å². The molecule has 27 heavy (non-hydrogen) atoms. The van der Waals surface area contributed by atoms with Crippen molar-refractivity contribution < 1.29 is 14.0 Å². The van der Waals surface area contributed by atoms with Gasteiger partial charge < -0.3 is 10.2 Å². The molecule has 0 spiro atoms. The Hall–Kier alpha value is -2.34. The number of rotatable bonds is 8. The monoisotopic (exact) mass is 388 g/mol. The number of carbonyl (C=O) groups is 2. The van der Waals surface area contributed by atoms with Gasteiger partial charge in [0.1, 0.15) is 11.9 Å². The highest BCUT2D eigenvalue weighted by atomic mass is 32.2. The minimum Gasteiger partial charge on any atom is -0.357 e. The molecule has 0 fully saturated rings. The topological polar surface area (TPSA) is 49.4 Å². The third-order valence-electron chi connectivity index (χ3n) is 4.29. The molecule has 2 rings (SSSR count). The van der Waals surface area contributed by atoms with Crippen LogP contribution < -0.4 is 5.32 Å². The van der Waals surface area contributed by atoms with E-state index >= 15 is 0 Å². The molecule has 0 saturated heterocycles. The fourth-order valence-electron chi connectivity index (χ4n) is 2.74. The third-order valence-corrected chi connectivity index (χ3v) is 5.28. The summed E-state index contributed by atoms with van der Waals surface area (Å²) in [7, 11) is 1.52. The average Bonchev–Trinajstić information content (AvgIpc) is 2.66. The van der Waals surface area contributed by atoms with Gasteiger partial charge in [-0.05, 0) is 25.5 Å². The van der Waals surface area contributed by atoms with Crippen molar-refractivity contribution in [3.05, 3.63) is 71.0 Å². The van der Waals surface area contributed by atoms with Gasteiger partial charge in [-0.15, -0.1) is 11.8 Å². The van der Waals surface area contributed by atoms with Crippen LogP contribution in [0.2, 0.25) is 0 Å². The largest absolute Gasteiger partial charge is 0.357 e. The van der Waals surface area contributed by atoms with Gasteiger partial charge in [0.2, 0.25) is 11.8 Å². The summed E-state index contributed by atoms with van der Waals surface area (Å²) in [5.74, 6) is 0.0844. The second-order valence-corrected chi connectivity index (χ2v) is 7.37. The number of amides is 2. The van der Waals surface area contributed by atoms with E-state index in [0.29, 0.717) is 11.3 Å². The summed E-state index contributed by atoms with van der Waals surface area (Å²) in [6, 6.07) is 13.8. The molecule has 4 nitrogen and oxygen atoms in total. The van der Waals surface area contributed by atoms with Gasteiger partial charge >= 0.3 is 0 Å². The molecule has 0 aliphatic carbocycles. The Bertz CT molecular complexity index is 797. The summed E-state index contributed by atoms with van der Waals surface area (Å²) in [4.78, 5) is 26.3. The van der Waals surface area contributed by atoms with E-state index in [1.807, 2.05) is 25.1 Å². The first kappa shape index (κ1) is 21.0. The molecule has 2 amide bonds. The second kappa shape index (κ2) is 10.1. The van der Waals surface area contributed by atoms with Gasteiger partial charge in [-0.1, -0.05) is 48.0 Å². The molecule has 0 aliphatic rings. The summed E-state index contributed by atoms with van der Waals surface area (Å²) in [5.41, 5.74) is 2.71. The molecule has 0 heterocycles. The van der Waals surface area contributed by atoms with Crippen molar-refractivity contribution in [1.29, 1.82) is 0 Å². The van der Waals surface area contributed by atoms with Gasteiger partial charge in [-0.2, -0.15) is 0 Å². The smallest absolute Gasteiger partial charge is 0.242 e. The molecule has 1 atom stereocenters. The van der Waals surface area contributed by atoms with Crippen LogP contribution in [0.3, 0.4) is 0 Å². The van der Waals surface area contributed by atoms with Crippen LogP contribution >= 0.6 is 11.8 Å². The number of nitrogens with one attached hydrogen (secondary N) is 1. The summed E-state index contributed by atoms with van der Waals surface area (Å²) >= 11 is 1.49. The molecule has 6 heteroatoms. The number of carbonyl (C=O) groups excluding carboxylic acids is 2. The number of likely N-dealkylation sites (N-methyl/N-ethyl adjacent to an activating group) is 1. The van der Waals surface area contributed by atoms with Crippen molar-refractivity contribution in [2.45, 2.75) is 32.2 Å². The van der Waals surface area contributed by atoms with E-state index in [2.05, 4.69) is 11.4 Å². The molecule has 144 valence electrons.